The predicted octanol–water partition coefficient (Wildman–Crippen LogP) is 3.20. The molecule has 0 fully saturated rings. The Kier molecular flexibility index (Phi) is 6.36. The number of nitrogens with one attached hydrogen (secondary N) is 1. The van der Waals surface area contributed by atoms with Gasteiger partial charge in [-0.05, 0) is 40.5 Å². The summed E-state index contributed by atoms with van der Waals surface area (Å²) in [5.41, 5.74) is 3.60. The fraction of sp³-hybridized carbons (Fsp3) is 0.471. The van der Waals surface area contributed by atoms with Gasteiger partial charge in [0.05, 0.1) is 10.7 Å². The number of aryl methyl sites for hydroxylation is 1. The molecule has 3 nitrogen and oxygen atoms in total. The van der Waals surface area contributed by atoms with Crippen molar-refractivity contribution in [3.05, 3.63) is 40.2 Å². The molecule has 4 heteroatoms. The number of hydrogen-bond acceptors (Lipinski definition) is 4. The topological polar surface area (TPSA) is 28.2 Å². The van der Waals surface area contributed by atoms with Crippen molar-refractivity contribution in [2.45, 2.75) is 19.8 Å². The molecule has 0 saturated carbocycles. The summed E-state index contributed by atoms with van der Waals surface area (Å²) in [5.74, 6) is 0. The first kappa shape index (κ1) is 16.1. The third kappa shape index (κ3) is 5.58. The van der Waals surface area contributed by atoms with Crippen molar-refractivity contribution < 1.29 is 0 Å². The second-order valence-electron chi connectivity index (χ2n) is 5.65. The van der Waals surface area contributed by atoms with Gasteiger partial charge in [0.2, 0.25) is 0 Å². The summed E-state index contributed by atoms with van der Waals surface area (Å²) in [6.07, 6.45) is 2.21. The highest BCUT2D eigenvalue weighted by Crippen LogP contribution is 2.22. The van der Waals surface area contributed by atoms with E-state index in [0.29, 0.717) is 0 Å². The SMILES string of the molecule is Cc1ccc(-c2csc(CCNCCCN(C)C)n2)cc1. The lowest BCUT2D eigenvalue weighted by atomic mass is 10.1. The molecule has 2 rings (SSSR count). The van der Waals surface area contributed by atoms with Crippen LogP contribution in [0.4, 0.5) is 0 Å². The van der Waals surface area contributed by atoms with Crippen molar-refractivity contribution in [1.29, 1.82) is 0 Å². The highest BCUT2D eigenvalue weighted by Gasteiger charge is 2.04. The van der Waals surface area contributed by atoms with Gasteiger partial charge in [0, 0.05) is 23.9 Å². The van der Waals surface area contributed by atoms with Crippen molar-refractivity contribution >= 4 is 11.3 Å². The van der Waals surface area contributed by atoms with Crippen molar-refractivity contribution in [2.75, 3.05) is 33.7 Å². The quantitative estimate of drug-likeness (QED) is 0.759. The second-order valence-corrected chi connectivity index (χ2v) is 6.59. The van der Waals surface area contributed by atoms with E-state index in [1.54, 1.807) is 11.3 Å². The smallest absolute Gasteiger partial charge is 0.0945 e. The first-order chi connectivity index (χ1) is 10.1. The van der Waals surface area contributed by atoms with Gasteiger partial charge in [0.1, 0.15) is 0 Å². The maximum atomic E-state index is 4.73. The number of aromatic nitrogens is 1. The van der Waals surface area contributed by atoms with E-state index in [2.05, 4.69) is 60.9 Å². The Morgan fingerprint density at radius 3 is 2.62 bits per heavy atom. The molecular weight excluding hydrogens is 278 g/mol. The fourth-order valence-corrected chi connectivity index (χ4v) is 2.93. The van der Waals surface area contributed by atoms with Gasteiger partial charge in [0.25, 0.3) is 0 Å². The summed E-state index contributed by atoms with van der Waals surface area (Å²) in [6.45, 7) is 5.34. The summed E-state index contributed by atoms with van der Waals surface area (Å²) in [6, 6.07) is 8.57. The van der Waals surface area contributed by atoms with Crippen LogP contribution in [-0.2, 0) is 6.42 Å². The van der Waals surface area contributed by atoms with Crippen molar-refractivity contribution in [3.8, 4) is 11.3 Å². The predicted molar refractivity (Wildman–Crippen MR) is 92.0 cm³/mol. The van der Waals surface area contributed by atoms with E-state index in [1.807, 2.05) is 0 Å². The summed E-state index contributed by atoms with van der Waals surface area (Å²) < 4.78 is 0. The van der Waals surface area contributed by atoms with E-state index in [1.165, 1.54) is 22.6 Å². The van der Waals surface area contributed by atoms with E-state index in [0.717, 1.165) is 31.7 Å². The van der Waals surface area contributed by atoms with Crippen molar-refractivity contribution in [2.24, 2.45) is 0 Å². The first-order valence-corrected chi connectivity index (χ1v) is 8.40. The zero-order chi connectivity index (χ0) is 15.1. The van der Waals surface area contributed by atoms with Gasteiger partial charge in [-0.3, -0.25) is 0 Å². The zero-order valence-electron chi connectivity index (χ0n) is 13.2. The van der Waals surface area contributed by atoms with Gasteiger partial charge in [-0.25, -0.2) is 4.98 Å². The molecule has 0 amide bonds. The standard InChI is InChI=1S/C17H25N3S/c1-14-5-7-15(8-6-14)16-13-21-17(19-16)9-11-18-10-4-12-20(2)3/h5-8,13,18H,4,9-12H2,1-3H3. The largest absolute Gasteiger partial charge is 0.316 e. The van der Waals surface area contributed by atoms with Crippen LogP contribution in [0, 0.1) is 6.92 Å². The molecule has 1 N–H and O–H groups in total. The van der Waals surface area contributed by atoms with Crippen LogP contribution in [0.2, 0.25) is 0 Å². The third-order valence-corrected chi connectivity index (χ3v) is 4.28. The van der Waals surface area contributed by atoms with Crippen molar-refractivity contribution in [1.82, 2.24) is 15.2 Å². The van der Waals surface area contributed by atoms with Crippen LogP contribution in [0.15, 0.2) is 29.6 Å². The van der Waals surface area contributed by atoms with E-state index in [4.69, 9.17) is 4.98 Å². The molecule has 1 aromatic carbocycles. The summed E-state index contributed by atoms with van der Waals surface area (Å²) in [5, 5.41) is 6.86. The van der Waals surface area contributed by atoms with Crippen LogP contribution in [0.1, 0.15) is 17.0 Å². The molecule has 0 saturated heterocycles. The van der Waals surface area contributed by atoms with E-state index >= 15 is 0 Å². The maximum Gasteiger partial charge on any atom is 0.0945 e. The molecule has 0 unspecified atom stereocenters. The monoisotopic (exact) mass is 303 g/mol. The first-order valence-electron chi connectivity index (χ1n) is 7.52. The lowest BCUT2D eigenvalue weighted by Crippen LogP contribution is -2.23. The van der Waals surface area contributed by atoms with Crippen LogP contribution in [-0.4, -0.2) is 43.6 Å². The molecule has 0 aliphatic carbocycles. The number of hydrogen-bond donors (Lipinski definition) is 1. The fourth-order valence-electron chi connectivity index (χ4n) is 2.12. The minimum absolute atomic E-state index is 1.01. The molecule has 0 bridgehead atoms. The molecule has 21 heavy (non-hydrogen) atoms. The molecule has 0 aliphatic heterocycles. The number of nitrogens with zero attached hydrogens (tertiary/aromatic N) is 2. The Morgan fingerprint density at radius 2 is 1.90 bits per heavy atom. The van der Waals surface area contributed by atoms with Gasteiger partial charge >= 0.3 is 0 Å². The molecular formula is C17H25N3S. The van der Waals surface area contributed by atoms with E-state index in [-0.39, 0.29) is 0 Å². The summed E-state index contributed by atoms with van der Waals surface area (Å²) in [7, 11) is 4.23. The average molecular weight is 303 g/mol. The van der Waals surface area contributed by atoms with Crippen LogP contribution in [0.5, 0.6) is 0 Å². The molecule has 0 aliphatic rings. The van der Waals surface area contributed by atoms with Gasteiger partial charge in [-0.15, -0.1) is 11.3 Å². The van der Waals surface area contributed by atoms with Crippen LogP contribution >= 0.6 is 11.3 Å². The van der Waals surface area contributed by atoms with Crippen LogP contribution in [0.25, 0.3) is 11.3 Å². The minimum Gasteiger partial charge on any atom is -0.316 e. The number of benzene rings is 1. The van der Waals surface area contributed by atoms with Crippen LogP contribution in [0.3, 0.4) is 0 Å². The zero-order valence-corrected chi connectivity index (χ0v) is 14.0. The Labute approximate surface area is 132 Å². The highest BCUT2D eigenvalue weighted by molar-refractivity contribution is 7.09. The molecule has 114 valence electrons. The molecule has 2 aromatic rings. The van der Waals surface area contributed by atoms with Gasteiger partial charge in [-0.2, -0.15) is 0 Å². The van der Waals surface area contributed by atoms with Gasteiger partial charge in [0.15, 0.2) is 0 Å². The normalized spacial score (nSPS) is 11.2. The lowest BCUT2D eigenvalue weighted by molar-refractivity contribution is 0.395. The third-order valence-electron chi connectivity index (χ3n) is 3.37. The molecule has 0 atom stereocenters. The van der Waals surface area contributed by atoms with E-state index < -0.39 is 0 Å². The summed E-state index contributed by atoms with van der Waals surface area (Å²) in [4.78, 5) is 6.95. The van der Waals surface area contributed by atoms with Gasteiger partial charge in [-0.1, -0.05) is 29.8 Å². The Balaban J connectivity index is 1.74. The second kappa shape index (κ2) is 8.27. The Morgan fingerprint density at radius 1 is 1.14 bits per heavy atom. The highest BCUT2D eigenvalue weighted by atomic mass is 32.1. The number of rotatable bonds is 8. The molecule has 0 spiro atoms. The Bertz CT molecular complexity index is 531. The molecule has 1 aromatic heterocycles. The average Bonchev–Trinajstić information content (AvgIpc) is 2.92. The van der Waals surface area contributed by atoms with Crippen LogP contribution < -0.4 is 5.32 Å². The maximum absolute atomic E-state index is 4.73. The van der Waals surface area contributed by atoms with Crippen molar-refractivity contribution in [3.63, 3.8) is 0 Å². The lowest BCUT2D eigenvalue weighted by Gasteiger charge is -2.09. The molecule has 0 radical (unpaired) electrons. The Hall–Kier alpha value is -1.23. The van der Waals surface area contributed by atoms with E-state index in [9.17, 15) is 0 Å². The number of thiazole rings is 1. The minimum atomic E-state index is 1.01. The van der Waals surface area contributed by atoms with Gasteiger partial charge < -0.3 is 10.2 Å². The molecule has 1 heterocycles. The summed E-state index contributed by atoms with van der Waals surface area (Å²) >= 11 is 1.76.